The van der Waals surface area contributed by atoms with Crippen molar-refractivity contribution in [1.29, 1.82) is 0 Å². The lowest BCUT2D eigenvalue weighted by atomic mass is 9.83. The van der Waals surface area contributed by atoms with E-state index in [2.05, 4.69) is 55.4 Å². The van der Waals surface area contributed by atoms with Gasteiger partial charge in [-0.25, -0.2) is 0 Å². The molecule has 2 aliphatic carbocycles. The Hall–Kier alpha value is -3.54. The summed E-state index contributed by atoms with van der Waals surface area (Å²) in [6.07, 6.45) is 25.1. The van der Waals surface area contributed by atoms with Crippen molar-refractivity contribution >= 4 is 34.7 Å². The highest BCUT2D eigenvalue weighted by Crippen LogP contribution is 2.28. The first-order valence-corrected chi connectivity index (χ1v) is 25.3. The summed E-state index contributed by atoms with van der Waals surface area (Å²) >= 11 is 0. The fourth-order valence-electron chi connectivity index (χ4n) is 8.93. The Morgan fingerprint density at radius 1 is 0.359 bits per heavy atom. The predicted molar refractivity (Wildman–Crippen MR) is 269 cm³/mol. The average molecular weight is 885 g/mol. The van der Waals surface area contributed by atoms with E-state index in [4.69, 9.17) is 0 Å². The first kappa shape index (κ1) is 58.5. The predicted octanol–water partition coefficient (Wildman–Crippen LogP) is 15.5. The van der Waals surface area contributed by atoms with E-state index < -0.39 is 0 Å². The number of ketones is 6. The normalized spacial score (nSPS) is 17.5. The van der Waals surface area contributed by atoms with Gasteiger partial charge in [0.05, 0.1) is 11.1 Å². The van der Waals surface area contributed by atoms with Gasteiger partial charge in [-0.15, -0.1) is 0 Å². The van der Waals surface area contributed by atoms with Crippen molar-refractivity contribution in [3.8, 4) is 0 Å². The van der Waals surface area contributed by atoms with Gasteiger partial charge < -0.3 is 0 Å². The number of carbonyl (C=O) groups excluding carboxylic acids is 6. The van der Waals surface area contributed by atoms with E-state index in [0.29, 0.717) is 34.1 Å². The minimum Gasteiger partial charge on any atom is -0.289 e. The number of rotatable bonds is 28. The minimum absolute atomic E-state index is 0.0494. The Bertz CT molecular complexity index is 1680. The van der Waals surface area contributed by atoms with Gasteiger partial charge in [-0.3, -0.25) is 28.8 Å². The SMILES string of the molecule is CC(=CC(=O)C1=C(C)C(=O)C(C)=C(C)C1=O)CCCC(C)CCCC(C)CCCC(C)C.CC1=C(C)C(=O)C(C(=O)/C=C(\C)CCCC(C)CCCC(C)CCCC(C)C)=C(C)C1=O. The molecule has 0 spiro atoms. The quantitative estimate of drug-likeness (QED) is 0.0440. The lowest BCUT2D eigenvalue weighted by molar-refractivity contribution is -0.120. The van der Waals surface area contributed by atoms with Gasteiger partial charge in [0.25, 0.3) is 0 Å². The third kappa shape index (κ3) is 20.7. The van der Waals surface area contributed by atoms with Crippen LogP contribution in [0.25, 0.3) is 0 Å². The largest absolute Gasteiger partial charge is 0.289 e. The van der Waals surface area contributed by atoms with Gasteiger partial charge in [-0.1, -0.05) is 156 Å². The Balaban J connectivity index is 0.000000640. The van der Waals surface area contributed by atoms with Crippen molar-refractivity contribution in [3.05, 3.63) is 67.9 Å². The van der Waals surface area contributed by atoms with Gasteiger partial charge >= 0.3 is 0 Å². The Morgan fingerprint density at radius 3 is 0.859 bits per heavy atom. The van der Waals surface area contributed by atoms with Crippen molar-refractivity contribution in [2.75, 3.05) is 0 Å². The van der Waals surface area contributed by atoms with Gasteiger partial charge in [0.2, 0.25) is 0 Å². The molecule has 0 aliphatic heterocycles. The van der Waals surface area contributed by atoms with Crippen molar-refractivity contribution in [2.45, 2.75) is 226 Å². The van der Waals surface area contributed by atoms with Crippen LogP contribution in [0.15, 0.2) is 67.9 Å². The molecule has 0 saturated carbocycles. The van der Waals surface area contributed by atoms with Crippen LogP contribution >= 0.6 is 0 Å². The molecule has 0 aromatic heterocycles. The summed E-state index contributed by atoms with van der Waals surface area (Å²) in [5.41, 5.74) is 4.28. The molecule has 6 heteroatoms. The Kier molecular flexibility index (Phi) is 27.3. The van der Waals surface area contributed by atoms with Crippen LogP contribution in [-0.2, 0) is 28.8 Å². The highest BCUT2D eigenvalue weighted by Gasteiger charge is 2.32. The first-order valence-electron chi connectivity index (χ1n) is 25.3. The average Bonchev–Trinajstić information content (AvgIpc) is 3.20. The highest BCUT2D eigenvalue weighted by atomic mass is 16.2. The van der Waals surface area contributed by atoms with Crippen LogP contribution in [0.2, 0.25) is 0 Å². The summed E-state index contributed by atoms with van der Waals surface area (Å²) in [6.45, 7) is 32.2. The molecule has 0 fully saturated rings. The summed E-state index contributed by atoms with van der Waals surface area (Å²) in [7, 11) is 0. The number of hydrogen-bond acceptors (Lipinski definition) is 6. The van der Waals surface area contributed by atoms with Gasteiger partial charge in [-0.05, 0) is 129 Å². The van der Waals surface area contributed by atoms with Crippen LogP contribution in [0, 0.1) is 35.5 Å². The molecule has 0 amide bonds. The summed E-state index contributed by atoms with van der Waals surface area (Å²) in [5.74, 6) is 3.01. The first-order chi connectivity index (χ1) is 29.9. The van der Waals surface area contributed by atoms with E-state index in [9.17, 15) is 28.8 Å². The van der Waals surface area contributed by atoms with Crippen molar-refractivity contribution in [1.82, 2.24) is 0 Å². The molecular weight excluding hydrogens is 793 g/mol. The fraction of sp³-hybridized carbons (Fsp3) is 0.690. The summed E-state index contributed by atoms with van der Waals surface area (Å²) < 4.78 is 0. The van der Waals surface area contributed by atoms with Crippen LogP contribution in [0.4, 0.5) is 0 Å². The Labute approximate surface area is 391 Å². The third-order valence-corrected chi connectivity index (χ3v) is 13.9. The standard InChI is InChI=1S/2C29H46O3/c2*1-19(2)12-9-13-20(3)14-10-15-21(4)16-11-17-22(5)18-26(30)27-25(8)28(31)23(6)24(7)29(27)32/h2*18-21H,9-17H2,1-8H3/b22-18+;. The van der Waals surface area contributed by atoms with Crippen molar-refractivity contribution < 1.29 is 28.8 Å². The topological polar surface area (TPSA) is 102 Å². The molecule has 0 bridgehead atoms. The van der Waals surface area contributed by atoms with Crippen LogP contribution in [0.1, 0.15) is 226 Å². The smallest absolute Gasteiger partial charge is 0.193 e. The summed E-state index contributed by atoms with van der Waals surface area (Å²) in [4.78, 5) is 75.1. The zero-order valence-electron chi connectivity index (χ0n) is 43.8. The Morgan fingerprint density at radius 2 is 0.594 bits per heavy atom. The monoisotopic (exact) mass is 885 g/mol. The molecular formula is C58H92O6. The van der Waals surface area contributed by atoms with Crippen LogP contribution in [-0.4, -0.2) is 34.7 Å². The lowest BCUT2D eigenvalue weighted by Crippen LogP contribution is -2.24. The van der Waals surface area contributed by atoms with E-state index in [1.54, 1.807) is 53.7 Å². The third-order valence-electron chi connectivity index (χ3n) is 13.9. The molecule has 0 aromatic carbocycles. The van der Waals surface area contributed by atoms with E-state index in [1.165, 1.54) is 77.0 Å². The van der Waals surface area contributed by atoms with E-state index in [-0.39, 0.29) is 57.0 Å². The molecule has 6 nitrogen and oxygen atoms in total. The van der Waals surface area contributed by atoms with Gasteiger partial charge in [-0.2, -0.15) is 0 Å². The van der Waals surface area contributed by atoms with Gasteiger partial charge in [0, 0.05) is 33.4 Å². The molecule has 64 heavy (non-hydrogen) atoms. The molecule has 4 atom stereocenters. The zero-order chi connectivity index (χ0) is 48.8. The summed E-state index contributed by atoms with van der Waals surface area (Å²) in [6, 6.07) is 0. The maximum atomic E-state index is 12.7. The molecule has 0 radical (unpaired) electrons. The number of hydrogen-bond donors (Lipinski definition) is 0. The fourth-order valence-corrected chi connectivity index (χ4v) is 8.93. The molecule has 0 aromatic rings. The van der Waals surface area contributed by atoms with Crippen molar-refractivity contribution in [3.63, 3.8) is 0 Å². The van der Waals surface area contributed by atoms with Gasteiger partial charge in [0.1, 0.15) is 0 Å². The molecule has 0 saturated heterocycles. The number of allylic oxidation sites excluding steroid dienone is 12. The second-order valence-corrected chi connectivity index (χ2v) is 21.2. The van der Waals surface area contributed by atoms with Crippen LogP contribution in [0.3, 0.4) is 0 Å². The molecule has 0 N–H and O–H groups in total. The molecule has 0 heterocycles. The zero-order valence-corrected chi connectivity index (χ0v) is 43.8. The van der Waals surface area contributed by atoms with E-state index in [0.717, 1.165) is 73.3 Å². The molecule has 2 rings (SSSR count). The van der Waals surface area contributed by atoms with Gasteiger partial charge in [0.15, 0.2) is 34.7 Å². The molecule has 4 unspecified atom stereocenters. The highest BCUT2D eigenvalue weighted by molar-refractivity contribution is 6.38. The molecule has 2 aliphatic rings. The number of carbonyl (C=O) groups is 6. The van der Waals surface area contributed by atoms with Crippen molar-refractivity contribution in [2.24, 2.45) is 35.5 Å². The second kappa shape index (κ2) is 29.9. The molecule has 360 valence electrons. The second-order valence-electron chi connectivity index (χ2n) is 21.2. The minimum atomic E-state index is -0.329. The van der Waals surface area contributed by atoms with E-state index >= 15 is 0 Å². The van der Waals surface area contributed by atoms with Crippen LogP contribution < -0.4 is 0 Å². The van der Waals surface area contributed by atoms with E-state index in [1.807, 2.05) is 13.8 Å². The maximum Gasteiger partial charge on any atom is 0.193 e. The maximum absolute atomic E-state index is 12.7. The number of Topliss-reactive ketones (excluding diaryl/α,β-unsaturated/α-hetero) is 4. The van der Waals surface area contributed by atoms with Crippen LogP contribution in [0.5, 0.6) is 0 Å². The lowest BCUT2D eigenvalue weighted by Gasteiger charge is -2.17. The summed E-state index contributed by atoms with van der Waals surface area (Å²) in [5, 5.41) is 0.